The van der Waals surface area contributed by atoms with Crippen LogP contribution in [0, 0.1) is 40.4 Å². The Morgan fingerprint density at radius 1 is 1.09 bits per heavy atom. The third-order valence-electron chi connectivity index (χ3n) is 11.9. The Hall–Kier alpha value is -2.99. The summed E-state index contributed by atoms with van der Waals surface area (Å²) < 4.78 is 31.1. The van der Waals surface area contributed by atoms with E-state index in [1.54, 1.807) is 20.8 Å². The number of ketones is 2. The summed E-state index contributed by atoms with van der Waals surface area (Å²) in [6.45, 7) is 7.77. The molecule has 11 heteroatoms. The van der Waals surface area contributed by atoms with E-state index in [1.807, 2.05) is 24.3 Å². The van der Waals surface area contributed by atoms with E-state index >= 15 is 8.78 Å². The second kappa shape index (κ2) is 10.8. The van der Waals surface area contributed by atoms with E-state index in [-0.39, 0.29) is 17.9 Å². The van der Waals surface area contributed by atoms with E-state index in [1.165, 1.54) is 19.9 Å². The van der Waals surface area contributed by atoms with Crippen molar-refractivity contribution >= 4 is 17.5 Å². The second-order valence-corrected chi connectivity index (χ2v) is 14.3. The van der Waals surface area contributed by atoms with Crippen molar-refractivity contribution in [1.82, 2.24) is 0 Å². The highest BCUT2D eigenvalue weighted by Crippen LogP contribution is 2.68. The van der Waals surface area contributed by atoms with Gasteiger partial charge in [-0.1, -0.05) is 65.0 Å². The number of aromatic hydroxyl groups is 1. The maximum absolute atomic E-state index is 15.5. The fourth-order valence-electron chi connectivity index (χ4n) is 9.42. The Kier molecular flexibility index (Phi) is 8.00. The number of Topliss-reactive ketones (excluding diaryl/α,β-unsaturated/α-hetero) is 2. The van der Waals surface area contributed by atoms with E-state index in [2.05, 4.69) is 0 Å². The molecular formula is C34H43F2NO8. The van der Waals surface area contributed by atoms with E-state index in [9.17, 15) is 39.9 Å². The predicted molar refractivity (Wildman–Crippen MR) is 159 cm³/mol. The number of allylic oxidation sites excluding steroid dienone is 4. The quantitative estimate of drug-likeness (QED) is 0.249. The summed E-state index contributed by atoms with van der Waals surface area (Å²) in [4.78, 5) is 40.6. The van der Waals surface area contributed by atoms with Crippen LogP contribution in [0.15, 0.2) is 36.4 Å². The van der Waals surface area contributed by atoms with Crippen LogP contribution >= 0.6 is 0 Å². The number of hydrogen-bond acceptors (Lipinski definition) is 8. The van der Waals surface area contributed by atoms with Gasteiger partial charge in [0.1, 0.15) is 17.8 Å². The number of rotatable bonds is 7. The number of hydrogen-bond donors (Lipinski definition) is 6. The summed E-state index contributed by atoms with van der Waals surface area (Å²) in [6.07, 6.45) is 1.80. The summed E-state index contributed by atoms with van der Waals surface area (Å²) in [5.41, 5.74) is -2.14. The summed E-state index contributed by atoms with van der Waals surface area (Å²) in [7, 11) is 0. The highest BCUT2D eigenvalue weighted by atomic mass is 19.3. The van der Waals surface area contributed by atoms with Crippen LogP contribution < -0.4 is 5.73 Å². The zero-order valence-electron chi connectivity index (χ0n) is 26.1. The molecule has 2 fully saturated rings. The summed E-state index contributed by atoms with van der Waals surface area (Å²) in [5.74, 6) is -14.3. The van der Waals surface area contributed by atoms with Gasteiger partial charge in [0.15, 0.2) is 17.2 Å². The van der Waals surface area contributed by atoms with Gasteiger partial charge in [-0.25, -0.2) is 8.78 Å². The Bertz CT molecular complexity index is 1480. The van der Waals surface area contributed by atoms with Gasteiger partial charge in [-0.15, -0.1) is 0 Å². The topological polar surface area (TPSA) is 178 Å². The molecule has 0 aromatic heterocycles. The average molecular weight is 632 g/mol. The number of benzene rings is 1. The SMILES string of the molecule is CC(C)[C@H]1C(O)C(C(N)=O)C(=O)[C@]2(O)C(O)C3C(=O)c4c(ccc(C(F)(F)CCCC5C=CC=C5)c4O)[C@@H](C)[C@]3(C)[C@@H](O)[C@]12C. The normalized spacial score (nSPS) is 39.6. The van der Waals surface area contributed by atoms with Gasteiger partial charge in [-0.3, -0.25) is 14.4 Å². The Morgan fingerprint density at radius 2 is 1.69 bits per heavy atom. The lowest BCUT2D eigenvalue weighted by molar-refractivity contribution is -0.306. The molecule has 7 N–H and O–H groups in total. The van der Waals surface area contributed by atoms with Crippen molar-refractivity contribution in [3.05, 3.63) is 53.1 Å². The smallest absolute Gasteiger partial charge is 0.276 e. The van der Waals surface area contributed by atoms with Gasteiger partial charge in [-0.2, -0.15) is 0 Å². The Morgan fingerprint density at radius 3 is 2.24 bits per heavy atom. The van der Waals surface area contributed by atoms with Crippen LogP contribution in [0.5, 0.6) is 5.75 Å². The van der Waals surface area contributed by atoms with E-state index in [0.29, 0.717) is 6.42 Å². The van der Waals surface area contributed by atoms with Crippen LogP contribution in [0.2, 0.25) is 0 Å². The molecule has 10 atom stereocenters. The number of aliphatic hydroxyl groups is 4. The van der Waals surface area contributed by atoms with Crippen molar-refractivity contribution in [2.45, 2.75) is 89.6 Å². The first kappa shape index (κ1) is 33.4. The van der Waals surface area contributed by atoms with Crippen LogP contribution in [-0.4, -0.2) is 66.9 Å². The van der Waals surface area contributed by atoms with Gasteiger partial charge in [0.05, 0.1) is 29.3 Å². The molecule has 9 nitrogen and oxygen atoms in total. The largest absolute Gasteiger partial charge is 0.507 e. The van der Waals surface area contributed by atoms with Crippen molar-refractivity contribution in [3.63, 3.8) is 0 Å². The molecule has 4 aliphatic carbocycles. The molecular weight excluding hydrogens is 588 g/mol. The third kappa shape index (κ3) is 4.26. The first-order valence-electron chi connectivity index (χ1n) is 15.5. The molecule has 1 aromatic rings. The predicted octanol–water partition coefficient (Wildman–Crippen LogP) is 3.11. The second-order valence-electron chi connectivity index (χ2n) is 14.3. The number of primary amides is 1. The first-order chi connectivity index (χ1) is 20.8. The molecule has 4 unspecified atom stereocenters. The number of phenolic OH excluding ortho intramolecular Hbond substituents is 1. The molecule has 0 bridgehead atoms. The van der Waals surface area contributed by atoms with Crippen LogP contribution in [-0.2, 0) is 15.5 Å². The fraction of sp³-hybridized carbons (Fsp3) is 0.618. The number of aliphatic hydroxyl groups excluding tert-OH is 3. The fourth-order valence-corrected chi connectivity index (χ4v) is 9.42. The maximum atomic E-state index is 15.5. The van der Waals surface area contributed by atoms with Gasteiger partial charge < -0.3 is 31.3 Å². The Balaban J connectivity index is 1.63. The molecule has 2 saturated carbocycles. The molecule has 45 heavy (non-hydrogen) atoms. The molecule has 1 amide bonds. The molecule has 0 saturated heterocycles. The summed E-state index contributed by atoms with van der Waals surface area (Å²) >= 11 is 0. The minimum atomic E-state index is -3.51. The zero-order valence-corrected chi connectivity index (χ0v) is 26.1. The highest BCUT2D eigenvalue weighted by molar-refractivity contribution is 6.09. The monoisotopic (exact) mass is 631 g/mol. The Labute approximate surface area is 260 Å². The van der Waals surface area contributed by atoms with Gasteiger partial charge in [0.25, 0.3) is 5.92 Å². The van der Waals surface area contributed by atoms with Crippen molar-refractivity contribution in [1.29, 1.82) is 0 Å². The number of fused-ring (bicyclic) bond motifs is 3. The van der Waals surface area contributed by atoms with Crippen molar-refractivity contribution in [2.24, 2.45) is 46.2 Å². The number of nitrogens with two attached hydrogens (primary N) is 1. The molecule has 0 aliphatic heterocycles. The number of phenols is 1. The molecule has 0 heterocycles. The number of carbonyl (C=O) groups is 3. The van der Waals surface area contributed by atoms with E-state index in [0.717, 1.165) is 6.07 Å². The zero-order chi connectivity index (χ0) is 33.6. The number of halogens is 2. The molecule has 1 aromatic carbocycles. The number of alkyl halides is 2. The van der Waals surface area contributed by atoms with Gasteiger partial charge >= 0.3 is 0 Å². The maximum Gasteiger partial charge on any atom is 0.276 e. The summed E-state index contributed by atoms with van der Waals surface area (Å²) in [6, 6.07) is 2.39. The standard InChI is InChI=1S/C34H43F2NO8/c1-15(2)22-26(40)21(29(37)43)27(41)34(45)28(42)23-25(39)20-18(16(3)31(23,4)30(44)32(22,34)5)12-13-19(24(20)38)33(35,36)14-8-11-17-9-6-7-10-17/h6-7,9-10,12-13,15-17,21-23,26,28,30,38,40,42,44-45H,8,11,14H2,1-5H3,(H2,37,43)/t16-,21?,22+,23?,26?,28?,30-,31+,32+,34+/m1/s1. The van der Waals surface area contributed by atoms with Crippen molar-refractivity contribution in [3.8, 4) is 5.75 Å². The molecule has 246 valence electrons. The summed E-state index contributed by atoms with van der Waals surface area (Å²) in [5, 5.41) is 59.0. The molecule has 5 rings (SSSR count). The van der Waals surface area contributed by atoms with Crippen LogP contribution in [0.25, 0.3) is 0 Å². The highest BCUT2D eigenvalue weighted by Gasteiger charge is 2.80. The van der Waals surface area contributed by atoms with Crippen LogP contribution in [0.3, 0.4) is 0 Å². The van der Waals surface area contributed by atoms with Crippen LogP contribution in [0.4, 0.5) is 8.78 Å². The molecule has 0 radical (unpaired) electrons. The minimum Gasteiger partial charge on any atom is -0.507 e. The molecule has 0 spiro atoms. The van der Waals surface area contributed by atoms with E-state index in [4.69, 9.17) is 5.73 Å². The van der Waals surface area contributed by atoms with Crippen molar-refractivity contribution < 1.29 is 48.7 Å². The number of amides is 1. The van der Waals surface area contributed by atoms with Gasteiger partial charge in [-0.05, 0) is 48.1 Å². The van der Waals surface area contributed by atoms with Crippen molar-refractivity contribution in [2.75, 3.05) is 0 Å². The van der Waals surface area contributed by atoms with Gasteiger partial charge in [0.2, 0.25) is 5.91 Å². The first-order valence-corrected chi connectivity index (χ1v) is 15.5. The lowest BCUT2D eigenvalue weighted by Gasteiger charge is -2.69. The lowest BCUT2D eigenvalue weighted by atomic mass is 9.36. The number of carbonyl (C=O) groups excluding carboxylic acids is 3. The van der Waals surface area contributed by atoms with Gasteiger partial charge in [0, 0.05) is 17.3 Å². The average Bonchev–Trinajstić information content (AvgIpc) is 3.46. The lowest BCUT2D eigenvalue weighted by Crippen LogP contribution is -2.83. The van der Waals surface area contributed by atoms with Crippen LogP contribution in [0.1, 0.15) is 81.3 Å². The van der Waals surface area contributed by atoms with E-state index < -0.39 is 111 Å². The molecule has 4 aliphatic rings. The third-order valence-corrected chi connectivity index (χ3v) is 11.9. The minimum absolute atomic E-state index is 0.0433.